The predicted molar refractivity (Wildman–Crippen MR) is 123 cm³/mol. The van der Waals surface area contributed by atoms with E-state index in [9.17, 15) is 21.4 Å². The highest BCUT2D eigenvalue weighted by atomic mass is 35.5. The van der Waals surface area contributed by atoms with Gasteiger partial charge in [0.2, 0.25) is 5.89 Å². The van der Waals surface area contributed by atoms with E-state index in [0.29, 0.717) is 0 Å². The van der Waals surface area contributed by atoms with E-state index in [0.717, 1.165) is 14.7 Å². The van der Waals surface area contributed by atoms with Gasteiger partial charge < -0.3 is 4.42 Å². The van der Waals surface area contributed by atoms with Crippen LogP contribution in [0.25, 0.3) is 11.5 Å². The number of anilines is 1. The van der Waals surface area contributed by atoms with E-state index in [4.69, 9.17) is 20.8 Å². The van der Waals surface area contributed by atoms with Crippen molar-refractivity contribution in [3.8, 4) is 11.5 Å². The Morgan fingerprint density at radius 3 is 2.49 bits per heavy atom. The number of halogens is 4. The molecule has 0 amide bonds. The lowest BCUT2D eigenvalue weighted by atomic mass is 10.1. The van der Waals surface area contributed by atoms with Gasteiger partial charge in [-0.15, -0.1) is 10.2 Å². The molecule has 1 aromatic heterocycles. The Morgan fingerprint density at radius 1 is 1.17 bits per heavy atom. The summed E-state index contributed by atoms with van der Waals surface area (Å²) in [7, 11) is -7.07. The van der Waals surface area contributed by atoms with E-state index in [1.165, 1.54) is 24.3 Å². The zero-order valence-corrected chi connectivity index (χ0v) is 20.3. The van der Waals surface area contributed by atoms with Gasteiger partial charge in [0.1, 0.15) is 5.82 Å². The molecular weight excluding hydrogens is 531 g/mol. The molecule has 1 saturated heterocycles. The van der Waals surface area contributed by atoms with Gasteiger partial charge in [-0.1, -0.05) is 23.7 Å². The summed E-state index contributed by atoms with van der Waals surface area (Å²) < 4.78 is 94.1. The molecule has 0 atom stereocenters. The van der Waals surface area contributed by atoms with Crippen molar-refractivity contribution >= 4 is 37.2 Å². The molecular formula is C20H19ClF3N5O4S2. The molecule has 0 saturated carbocycles. The molecule has 1 aliphatic rings. The van der Waals surface area contributed by atoms with Crippen molar-refractivity contribution in [2.75, 3.05) is 28.9 Å². The Hall–Kier alpha value is -2.68. The standard InChI is InChI=1S/C20H19ClF3N5O4S2/c21-15-2-1-3-16(11-15)29(35(31,32)28-6-8-34(25,30)9-7-28)12-14-5-4-13(10-17(14)22)19-26-27-20(33-19)18(23)24/h1-5,10-11,18,25H,6-9,12H2. The van der Waals surface area contributed by atoms with E-state index < -0.39 is 44.6 Å². The number of benzene rings is 2. The lowest BCUT2D eigenvalue weighted by Gasteiger charge is -2.34. The van der Waals surface area contributed by atoms with Crippen molar-refractivity contribution in [3.63, 3.8) is 0 Å². The van der Waals surface area contributed by atoms with Crippen LogP contribution in [0.3, 0.4) is 0 Å². The summed E-state index contributed by atoms with van der Waals surface area (Å²) in [6, 6.07) is 9.63. The minimum Gasteiger partial charge on any atom is -0.415 e. The molecule has 35 heavy (non-hydrogen) atoms. The first kappa shape index (κ1) is 25.4. The Balaban J connectivity index is 1.67. The predicted octanol–water partition coefficient (Wildman–Crippen LogP) is 4.08. The van der Waals surface area contributed by atoms with Gasteiger partial charge in [-0.25, -0.2) is 8.60 Å². The monoisotopic (exact) mass is 549 g/mol. The van der Waals surface area contributed by atoms with Crippen molar-refractivity contribution in [3.05, 3.63) is 64.8 Å². The third-order valence-corrected chi connectivity index (χ3v) is 9.12. The first-order chi connectivity index (χ1) is 16.5. The number of aromatic nitrogens is 2. The van der Waals surface area contributed by atoms with Gasteiger partial charge in [0, 0.05) is 50.5 Å². The third-order valence-electron chi connectivity index (χ3n) is 5.28. The van der Waals surface area contributed by atoms with Gasteiger partial charge in [0.25, 0.3) is 5.89 Å². The van der Waals surface area contributed by atoms with Crippen molar-refractivity contribution in [1.29, 1.82) is 4.78 Å². The van der Waals surface area contributed by atoms with E-state index in [2.05, 4.69) is 10.2 Å². The highest BCUT2D eigenvalue weighted by molar-refractivity contribution is 7.93. The minimum absolute atomic E-state index is 0.0211. The third kappa shape index (κ3) is 5.60. The molecule has 15 heteroatoms. The van der Waals surface area contributed by atoms with Gasteiger partial charge >= 0.3 is 16.6 Å². The lowest BCUT2D eigenvalue weighted by Crippen LogP contribution is -2.50. The summed E-state index contributed by atoms with van der Waals surface area (Å²) in [5.41, 5.74) is 0.202. The first-order valence-corrected chi connectivity index (χ1v) is 13.8. The largest absolute Gasteiger partial charge is 0.415 e. The highest BCUT2D eigenvalue weighted by Gasteiger charge is 2.34. The maximum absolute atomic E-state index is 15.0. The number of hydrogen-bond acceptors (Lipinski definition) is 7. The second-order valence-electron chi connectivity index (χ2n) is 7.67. The van der Waals surface area contributed by atoms with Crippen LogP contribution >= 0.6 is 11.6 Å². The fourth-order valence-corrected chi connectivity index (χ4v) is 6.68. The minimum atomic E-state index is -4.22. The summed E-state index contributed by atoms with van der Waals surface area (Å²) in [5.74, 6) is -2.25. The lowest BCUT2D eigenvalue weighted by molar-refractivity contribution is 0.116. The van der Waals surface area contributed by atoms with Gasteiger partial charge in [0.15, 0.2) is 0 Å². The van der Waals surface area contributed by atoms with Gasteiger partial charge in [0.05, 0.1) is 12.2 Å². The van der Waals surface area contributed by atoms with Crippen LogP contribution in [0.5, 0.6) is 0 Å². The van der Waals surface area contributed by atoms with Crippen LogP contribution in [0.2, 0.25) is 5.02 Å². The van der Waals surface area contributed by atoms with Crippen LogP contribution in [-0.2, 0) is 26.5 Å². The normalized spacial score (nSPS) is 16.5. The maximum atomic E-state index is 15.0. The second-order valence-corrected chi connectivity index (χ2v) is 12.4. The molecule has 9 nitrogen and oxygen atoms in total. The van der Waals surface area contributed by atoms with Crippen molar-refractivity contribution in [2.24, 2.45) is 0 Å². The number of nitrogens with zero attached hydrogens (tertiary/aromatic N) is 4. The van der Waals surface area contributed by atoms with Crippen LogP contribution in [0.15, 0.2) is 46.9 Å². The second kappa shape index (κ2) is 9.76. The van der Waals surface area contributed by atoms with Crippen LogP contribution in [0.4, 0.5) is 18.9 Å². The van der Waals surface area contributed by atoms with E-state index in [1.807, 2.05) is 0 Å². The summed E-state index contributed by atoms with van der Waals surface area (Å²) in [5, 5.41) is 6.95. The average molecular weight is 550 g/mol. The van der Waals surface area contributed by atoms with Crippen molar-refractivity contribution < 1.29 is 30.2 Å². The molecule has 2 aromatic carbocycles. The fourth-order valence-electron chi connectivity index (χ4n) is 3.42. The van der Waals surface area contributed by atoms with Crippen LogP contribution in [0.1, 0.15) is 17.9 Å². The molecule has 2 heterocycles. The van der Waals surface area contributed by atoms with Gasteiger partial charge in [-0.05, 0) is 30.3 Å². The first-order valence-electron chi connectivity index (χ1n) is 10.1. The highest BCUT2D eigenvalue weighted by Crippen LogP contribution is 2.29. The molecule has 1 fully saturated rings. The van der Waals surface area contributed by atoms with Crippen molar-refractivity contribution in [2.45, 2.75) is 13.0 Å². The Labute approximate surface area is 204 Å². The number of rotatable bonds is 7. The Kier molecular flexibility index (Phi) is 7.09. The summed E-state index contributed by atoms with van der Waals surface area (Å²) in [4.78, 5) is 0. The average Bonchev–Trinajstić information content (AvgIpc) is 3.28. The molecule has 0 aliphatic carbocycles. The summed E-state index contributed by atoms with van der Waals surface area (Å²) in [6.07, 6.45) is -2.98. The molecule has 0 spiro atoms. The number of alkyl halides is 2. The number of hydrogen-bond donors (Lipinski definition) is 1. The molecule has 188 valence electrons. The molecule has 0 unspecified atom stereocenters. The van der Waals surface area contributed by atoms with E-state index in [1.54, 1.807) is 12.1 Å². The molecule has 0 radical (unpaired) electrons. The SMILES string of the molecule is N=S1(=O)CCN(S(=O)(=O)N(Cc2ccc(-c3nnc(C(F)F)o3)cc2F)c2cccc(Cl)c2)CC1. The Morgan fingerprint density at radius 2 is 1.89 bits per heavy atom. The van der Waals surface area contributed by atoms with Crippen LogP contribution in [-0.4, -0.2) is 51.7 Å². The molecule has 1 N–H and O–H groups in total. The van der Waals surface area contributed by atoms with Crippen LogP contribution in [0, 0.1) is 10.6 Å². The zero-order chi connectivity index (χ0) is 25.4. The fraction of sp³-hybridized carbons (Fsp3) is 0.300. The van der Waals surface area contributed by atoms with Crippen LogP contribution < -0.4 is 4.31 Å². The quantitative estimate of drug-likeness (QED) is 0.474. The Bertz CT molecular complexity index is 1440. The van der Waals surface area contributed by atoms with Gasteiger partial charge in [-0.2, -0.15) is 21.5 Å². The summed E-state index contributed by atoms with van der Waals surface area (Å²) >= 11 is 6.06. The topological polar surface area (TPSA) is 120 Å². The van der Waals surface area contributed by atoms with E-state index in [-0.39, 0.29) is 52.3 Å². The molecule has 3 aromatic rings. The number of nitrogens with one attached hydrogen (secondary N) is 1. The molecule has 1 aliphatic heterocycles. The summed E-state index contributed by atoms with van der Waals surface area (Å²) in [6.45, 7) is -0.659. The smallest absolute Gasteiger partial charge is 0.314 e. The molecule has 4 rings (SSSR count). The van der Waals surface area contributed by atoms with E-state index >= 15 is 4.39 Å². The van der Waals surface area contributed by atoms with Crippen molar-refractivity contribution in [1.82, 2.24) is 14.5 Å². The maximum Gasteiger partial charge on any atom is 0.314 e. The van der Waals surface area contributed by atoms with Gasteiger partial charge in [-0.3, -0.25) is 9.08 Å². The molecule has 0 bridgehead atoms. The zero-order valence-electron chi connectivity index (χ0n) is 17.9.